The number of aryl methyl sites for hydroxylation is 2. The van der Waals surface area contributed by atoms with E-state index < -0.39 is 5.97 Å². The second-order valence-electron chi connectivity index (χ2n) is 2.77. The predicted molar refractivity (Wildman–Crippen MR) is 43.6 cm³/mol. The Kier molecular flexibility index (Phi) is 2.80. The van der Waals surface area contributed by atoms with Crippen LogP contribution in [0.1, 0.15) is 12.0 Å². The van der Waals surface area contributed by atoms with E-state index in [1.807, 2.05) is 36.1 Å². The summed E-state index contributed by atoms with van der Waals surface area (Å²) in [7, 11) is 1.92. The summed E-state index contributed by atoms with van der Waals surface area (Å²) in [6.07, 6.45) is 4.65. The highest BCUT2D eigenvalue weighted by molar-refractivity contribution is 5.67. The van der Waals surface area contributed by atoms with Crippen molar-refractivity contribution >= 4 is 5.97 Å². The zero-order valence-corrected chi connectivity index (χ0v) is 7.03. The number of aromatic nitrogens is 1. The van der Waals surface area contributed by atoms with Crippen LogP contribution >= 0.6 is 0 Å². The van der Waals surface area contributed by atoms with Crippen LogP contribution in [-0.4, -0.2) is 11.1 Å². The standard InChI is InChI=1S/C9H11NO2/c1-10-6-2-3-8(7-10)4-5-9(11)12/h2-3,6-7H,4-5H2,1H3/p+1. The summed E-state index contributed by atoms with van der Waals surface area (Å²) < 4.78 is 1.91. The van der Waals surface area contributed by atoms with Gasteiger partial charge in [0, 0.05) is 18.1 Å². The first-order chi connectivity index (χ1) is 5.68. The van der Waals surface area contributed by atoms with Gasteiger partial charge in [-0.15, -0.1) is 0 Å². The van der Waals surface area contributed by atoms with Gasteiger partial charge in [0.1, 0.15) is 7.05 Å². The van der Waals surface area contributed by atoms with Gasteiger partial charge in [-0.05, 0) is 12.5 Å². The largest absolute Gasteiger partial charge is 0.481 e. The molecule has 0 aliphatic rings. The molecule has 0 aliphatic heterocycles. The van der Waals surface area contributed by atoms with Crippen molar-refractivity contribution in [3.63, 3.8) is 0 Å². The van der Waals surface area contributed by atoms with Crippen molar-refractivity contribution in [2.24, 2.45) is 7.05 Å². The number of carbonyl (C=O) groups is 1. The molecule has 0 spiro atoms. The summed E-state index contributed by atoms with van der Waals surface area (Å²) in [6, 6.07) is 3.85. The van der Waals surface area contributed by atoms with E-state index in [9.17, 15) is 4.79 Å². The molecule has 1 N–H and O–H groups in total. The minimum Gasteiger partial charge on any atom is -0.481 e. The smallest absolute Gasteiger partial charge is 0.303 e. The topological polar surface area (TPSA) is 41.2 Å². The van der Waals surface area contributed by atoms with E-state index in [0.29, 0.717) is 6.42 Å². The first kappa shape index (κ1) is 8.71. The summed E-state index contributed by atoms with van der Waals surface area (Å²) in [5.74, 6) is -0.749. The normalized spacial score (nSPS) is 9.75. The van der Waals surface area contributed by atoms with Gasteiger partial charge in [-0.3, -0.25) is 4.79 Å². The quantitative estimate of drug-likeness (QED) is 0.665. The van der Waals surface area contributed by atoms with E-state index in [1.54, 1.807) is 0 Å². The zero-order chi connectivity index (χ0) is 8.97. The van der Waals surface area contributed by atoms with E-state index >= 15 is 0 Å². The maximum Gasteiger partial charge on any atom is 0.303 e. The fourth-order valence-corrected chi connectivity index (χ4v) is 1.05. The molecule has 0 radical (unpaired) electrons. The molecular weight excluding hydrogens is 154 g/mol. The SMILES string of the molecule is C[n+]1cccc(CCC(=O)O)c1. The molecular formula is C9H12NO2+. The summed E-state index contributed by atoms with van der Waals surface area (Å²) in [6.45, 7) is 0. The molecule has 3 nitrogen and oxygen atoms in total. The molecule has 64 valence electrons. The lowest BCUT2D eigenvalue weighted by molar-refractivity contribution is -0.671. The molecule has 0 saturated heterocycles. The number of aliphatic carboxylic acids is 1. The Morgan fingerprint density at radius 2 is 2.42 bits per heavy atom. The lowest BCUT2D eigenvalue weighted by Crippen LogP contribution is -2.26. The predicted octanol–water partition coefficient (Wildman–Crippen LogP) is 0.528. The van der Waals surface area contributed by atoms with Gasteiger partial charge in [0.05, 0.1) is 0 Å². The summed E-state index contributed by atoms with van der Waals surface area (Å²) in [5.41, 5.74) is 1.06. The molecule has 0 fully saturated rings. The Morgan fingerprint density at radius 3 is 3.00 bits per heavy atom. The van der Waals surface area contributed by atoms with Crippen LogP contribution in [0.25, 0.3) is 0 Å². The second-order valence-corrected chi connectivity index (χ2v) is 2.77. The van der Waals surface area contributed by atoms with Gasteiger partial charge in [0.2, 0.25) is 0 Å². The monoisotopic (exact) mass is 166 g/mol. The molecule has 1 aromatic heterocycles. The molecule has 0 atom stereocenters. The molecule has 0 unspecified atom stereocenters. The van der Waals surface area contributed by atoms with Crippen molar-refractivity contribution in [3.05, 3.63) is 30.1 Å². The molecule has 0 aliphatic carbocycles. The molecule has 3 heteroatoms. The van der Waals surface area contributed by atoms with Crippen LogP contribution in [0.5, 0.6) is 0 Å². The van der Waals surface area contributed by atoms with Crippen LogP contribution in [0.15, 0.2) is 24.5 Å². The number of carboxylic acids is 1. The zero-order valence-electron chi connectivity index (χ0n) is 7.03. The Hall–Kier alpha value is -1.38. The van der Waals surface area contributed by atoms with Gasteiger partial charge in [0.15, 0.2) is 12.4 Å². The minimum atomic E-state index is -0.749. The fraction of sp³-hybridized carbons (Fsp3) is 0.333. The minimum absolute atomic E-state index is 0.198. The van der Waals surface area contributed by atoms with E-state index in [2.05, 4.69) is 0 Å². The number of pyridine rings is 1. The van der Waals surface area contributed by atoms with E-state index in [1.165, 1.54) is 0 Å². The second kappa shape index (κ2) is 3.85. The highest BCUT2D eigenvalue weighted by atomic mass is 16.4. The van der Waals surface area contributed by atoms with Gasteiger partial charge in [-0.2, -0.15) is 0 Å². The molecule has 0 aromatic carbocycles. The van der Waals surface area contributed by atoms with Crippen molar-refractivity contribution in [3.8, 4) is 0 Å². The van der Waals surface area contributed by atoms with Crippen LogP contribution in [0, 0.1) is 0 Å². The molecule has 1 heterocycles. The maximum absolute atomic E-state index is 10.3. The first-order valence-electron chi connectivity index (χ1n) is 3.84. The van der Waals surface area contributed by atoms with Gasteiger partial charge in [-0.1, -0.05) is 0 Å². The van der Waals surface area contributed by atoms with Crippen molar-refractivity contribution in [1.29, 1.82) is 0 Å². The number of rotatable bonds is 3. The third kappa shape index (κ3) is 2.70. The first-order valence-corrected chi connectivity index (χ1v) is 3.84. The van der Waals surface area contributed by atoms with Crippen molar-refractivity contribution < 1.29 is 14.5 Å². The van der Waals surface area contributed by atoms with E-state index in [-0.39, 0.29) is 6.42 Å². The third-order valence-electron chi connectivity index (χ3n) is 1.63. The Morgan fingerprint density at radius 1 is 1.67 bits per heavy atom. The number of hydrogen-bond donors (Lipinski definition) is 1. The van der Waals surface area contributed by atoms with Crippen LogP contribution < -0.4 is 4.57 Å². The summed E-state index contributed by atoms with van der Waals surface area (Å²) in [4.78, 5) is 10.3. The lowest BCUT2D eigenvalue weighted by Gasteiger charge is -1.94. The summed E-state index contributed by atoms with van der Waals surface area (Å²) in [5, 5.41) is 8.44. The molecule has 0 saturated carbocycles. The molecule has 0 amide bonds. The van der Waals surface area contributed by atoms with Crippen LogP contribution in [0.4, 0.5) is 0 Å². The van der Waals surface area contributed by atoms with Crippen molar-refractivity contribution in [2.45, 2.75) is 12.8 Å². The Bertz CT molecular complexity index is 284. The Labute approximate surface area is 71.3 Å². The number of nitrogens with zero attached hydrogens (tertiary/aromatic N) is 1. The van der Waals surface area contributed by atoms with Crippen molar-refractivity contribution in [2.75, 3.05) is 0 Å². The van der Waals surface area contributed by atoms with Gasteiger partial charge < -0.3 is 5.11 Å². The molecule has 1 aromatic rings. The van der Waals surface area contributed by atoms with Crippen LogP contribution in [-0.2, 0) is 18.3 Å². The highest BCUT2D eigenvalue weighted by Crippen LogP contribution is 1.98. The average Bonchev–Trinajstić information content (AvgIpc) is 2.01. The molecule has 1 rings (SSSR count). The molecule has 0 bridgehead atoms. The van der Waals surface area contributed by atoms with Gasteiger partial charge in [0.25, 0.3) is 0 Å². The van der Waals surface area contributed by atoms with Crippen LogP contribution in [0.2, 0.25) is 0 Å². The third-order valence-corrected chi connectivity index (χ3v) is 1.63. The van der Waals surface area contributed by atoms with Crippen molar-refractivity contribution in [1.82, 2.24) is 0 Å². The summed E-state index contributed by atoms with van der Waals surface area (Å²) >= 11 is 0. The van der Waals surface area contributed by atoms with Crippen LogP contribution in [0.3, 0.4) is 0 Å². The lowest BCUT2D eigenvalue weighted by atomic mass is 10.1. The highest BCUT2D eigenvalue weighted by Gasteiger charge is 2.01. The van der Waals surface area contributed by atoms with E-state index in [4.69, 9.17) is 5.11 Å². The fourth-order valence-electron chi connectivity index (χ4n) is 1.05. The average molecular weight is 166 g/mol. The number of hydrogen-bond acceptors (Lipinski definition) is 1. The number of carboxylic acid groups (broad SMARTS) is 1. The molecule has 12 heavy (non-hydrogen) atoms. The maximum atomic E-state index is 10.3. The van der Waals surface area contributed by atoms with Gasteiger partial charge >= 0.3 is 5.97 Å². The van der Waals surface area contributed by atoms with Gasteiger partial charge in [-0.25, -0.2) is 4.57 Å². The Balaban J connectivity index is 2.57. The van der Waals surface area contributed by atoms with E-state index in [0.717, 1.165) is 5.56 Å².